The summed E-state index contributed by atoms with van der Waals surface area (Å²) in [4.78, 5) is 66.1. The topological polar surface area (TPSA) is 159 Å². The molecule has 0 aliphatic carbocycles. The van der Waals surface area contributed by atoms with E-state index in [-0.39, 0.29) is 45.2 Å². The third-order valence-electron chi connectivity index (χ3n) is 8.46. The molecular formula is C41H51N3O10. The molecule has 1 aliphatic rings. The zero-order valence-electron chi connectivity index (χ0n) is 31.4. The summed E-state index contributed by atoms with van der Waals surface area (Å²) in [6, 6.07) is 23.1. The standard InChI is InChI=1S/C41H51N3O10/c1-41(2,3)54-40(49)43-33(21-20-29-13-7-5-8-14-29)37(46)42-34(38(47)50-4)28-51-23-24-52-32-18-11-17-31(25-32)26-35(44-22-12-19-36(44)45)39(48)53-27-30-15-9-6-10-16-30/h5-11,13-18,25,33-35H,12,19-24,26-28H2,1-4H3,(H,42,46)(H,43,49)/t33-,34-,35-/m0/s1. The number of nitrogens with zero attached hydrogens (tertiary/aromatic N) is 1. The van der Waals surface area contributed by atoms with Gasteiger partial charge in [0, 0.05) is 19.4 Å². The quantitative estimate of drug-likeness (QED) is 0.101. The number of ether oxygens (including phenoxy) is 5. The van der Waals surface area contributed by atoms with Crippen molar-refractivity contribution in [1.29, 1.82) is 0 Å². The zero-order chi connectivity index (χ0) is 38.9. The number of esters is 2. The Morgan fingerprint density at radius 3 is 2.15 bits per heavy atom. The molecule has 3 aromatic rings. The van der Waals surface area contributed by atoms with Gasteiger partial charge in [0.05, 0.1) is 20.3 Å². The molecule has 0 spiro atoms. The Morgan fingerprint density at radius 2 is 1.50 bits per heavy atom. The number of methoxy groups -OCH3 is 1. The van der Waals surface area contributed by atoms with Crippen LogP contribution in [0, 0.1) is 0 Å². The van der Waals surface area contributed by atoms with Gasteiger partial charge in [0.25, 0.3) is 0 Å². The normalized spacial score (nSPS) is 14.4. The molecule has 1 saturated heterocycles. The van der Waals surface area contributed by atoms with Crippen molar-refractivity contribution in [1.82, 2.24) is 15.5 Å². The van der Waals surface area contributed by atoms with E-state index < -0.39 is 47.7 Å². The minimum Gasteiger partial charge on any atom is -0.491 e. The van der Waals surface area contributed by atoms with E-state index in [1.807, 2.05) is 66.7 Å². The average Bonchev–Trinajstić information content (AvgIpc) is 3.58. The number of carbonyl (C=O) groups is 5. The van der Waals surface area contributed by atoms with Crippen LogP contribution >= 0.6 is 0 Å². The molecule has 54 heavy (non-hydrogen) atoms. The number of alkyl carbamates (subject to hydrolysis) is 1. The molecule has 0 radical (unpaired) electrons. The summed E-state index contributed by atoms with van der Waals surface area (Å²) >= 11 is 0. The molecule has 2 N–H and O–H groups in total. The minimum absolute atomic E-state index is 0.0674. The van der Waals surface area contributed by atoms with Crippen molar-refractivity contribution in [3.8, 4) is 5.75 Å². The van der Waals surface area contributed by atoms with E-state index in [0.29, 0.717) is 31.6 Å². The fraction of sp³-hybridized carbons (Fsp3) is 0.439. The number of hydrogen-bond donors (Lipinski definition) is 2. The smallest absolute Gasteiger partial charge is 0.408 e. The van der Waals surface area contributed by atoms with Gasteiger partial charge in [0.2, 0.25) is 11.8 Å². The molecule has 0 saturated carbocycles. The number of carbonyl (C=O) groups excluding carboxylic acids is 5. The fourth-order valence-electron chi connectivity index (χ4n) is 5.81. The number of rotatable bonds is 19. The van der Waals surface area contributed by atoms with E-state index in [2.05, 4.69) is 10.6 Å². The van der Waals surface area contributed by atoms with Crippen LogP contribution in [0.15, 0.2) is 84.9 Å². The van der Waals surface area contributed by atoms with Crippen LogP contribution in [-0.4, -0.2) is 91.9 Å². The lowest BCUT2D eigenvalue weighted by Gasteiger charge is -2.26. The largest absolute Gasteiger partial charge is 0.491 e. The summed E-state index contributed by atoms with van der Waals surface area (Å²) in [6.07, 6.45) is 1.31. The Morgan fingerprint density at radius 1 is 0.815 bits per heavy atom. The van der Waals surface area contributed by atoms with E-state index >= 15 is 0 Å². The highest BCUT2D eigenvalue weighted by atomic mass is 16.6. The maximum atomic E-state index is 13.4. The fourth-order valence-corrected chi connectivity index (χ4v) is 5.81. The summed E-state index contributed by atoms with van der Waals surface area (Å²) in [5.74, 6) is -1.34. The van der Waals surface area contributed by atoms with Crippen molar-refractivity contribution >= 4 is 29.8 Å². The SMILES string of the molecule is COC(=O)[C@H](COCCOc1cccc(C[C@@H](C(=O)OCc2ccccc2)N2CCCC2=O)c1)NC(=O)[C@H](CCc1ccccc1)NC(=O)OC(C)(C)C. The Bertz CT molecular complexity index is 1680. The third kappa shape index (κ3) is 13.8. The Labute approximate surface area is 316 Å². The molecule has 3 aromatic carbocycles. The van der Waals surface area contributed by atoms with Gasteiger partial charge in [-0.15, -0.1) is 0 Å². The Balaban J connectivity index is 1.30. The molecular weight excluding hydrogens is 694 g/mol. The molecule has 3 amide bonds. The van der Waals surface area contributed by atoms with Crippen molar-refractivity contribution in [2.75, 3.05) is 33.5 Å². The average molecular weight is 746 g/mol. The van der Waals surface area contributed by atoms with Gasteiger partial charge in [-0.25, -0.2) is 14.4 Å². The first kappa shape index (κ1) is 41.3. The van der Waals surface area contributed by atoms with E-state index in [1.165, 1.54) is 7.11 Å². The second-order valence-corrected chi connectivity index (χ2v) is 13.9. The number of aryl methyl sites for hydroxylation is 1. The van der Waals surface area contributed by atoms with Crippen LogP contribution in [0.5, 0.6) is 5.75 Å². The van der Waals surface area contributed by atoms with Crippen LogP contribution in [0.3, 0.4) is 0 Å². The van der Waals surface area contributed by atoms with Crippen LogP contribution < -0.4 is 15.4 Å². The van der Waals surface area contributed by atoms with Gasteiger partial charge in [-0.05, 0) is 68.9 Å². The maximum Gasteiger partial charge on any atom is 0.408 e. The Kier molecular flexibility index (Phi) is 15.9. The number of likely N-dealkylation sites (tertiary alicyclic amines) is 1. The first-order valence-corrected chi connectivity index (χ1v) is 18.1. The predicted octanol–water partition coefficient (Wildman–Crippen LogP) is 4.54. The summed E-state index contributed by atoms with van der Waals surface area (Å²) < 4.78 is 27.5. The van der Waals surface area contributed by atoms with Gasteiger partial charge in [0.15, 0.2) is 6.04 Å². The number of hydrogen-bond acceptors (Lipinski definition) is 10. The summed E-state index contributed by atoms with van der Waals surface area (Å²) in [5, 5.41) is 5.27. The van der Waals surface area contributed by atoms with E-state index in [0.717, 1.165) is 16.7 Å². The lowest BCUT2D eigenvalue weighted by atomic mass is 10.0. The summed E-state index contributed by atoms with van der Waals surface area (Å²) in [6.45, 7) is 5.72. The molecule has 1 fully saturated rings. The zero-order valence-corrected chi connectivity index (χ0v) is 31.4. The minimum atomic E-state index is -1.16. The Hall–Kier alpha value is -5.43. The molecule has 13 heteroatoms. The van der Waals surface area contributed by atoms with Gasteiger partial charge < -0.3 is 39.2 Å². The van der Waals surface area contributed by atoms with Gasteiger partial charge in [-0.2, -0.15) is 0 Å². The summed E-state index contributed by atoms with van der Waals surface area (Å²) in [7, 11) is 1.20. The third-order valence-corrected chi connectivity index (χ3v) is 8.46. The van der Waals surface area contributed by atoms with Crippen molar-refractivity contribution in [2.24, 2.45) is 0 Å². The van der Waals surface area contributed by atoms with E-state index in [9.17, 15) is 24.0 Å². The van der Waals surface area contributed by atoms with Crippen molar-refractivity contribution < 1.29 is 47.7 Å². The number of nitrogens with one attached hydrogen (secondary N) is 2. The highest BCUT2D eigenvalue weighted by molar-refractivity contribution is 5.90. The van der Waals surface area contributed by atoms with Gasteiger partial charge in [-0.1, -0.05) is 72.8 Å². The highest BCUT2D eigenvalue weighted by Crippen LogP contribution is 2.22. The van der Waals surface area contributed by atoms with Crippen LogP contribution in [-0.2, 0) is 57.6 Å². The van der Waals surface area contributed by atoms with Crippen LogP contribution in [0.4, 0.5) is 4.79 Å². The molecule has 4 rings (SSSR count). The maximum absolute atomic E-state index is 13.4. The molecule has 0 bridgehead atoms. The summed E-state index contributed by atoms with van der Waals surface area (Å²) in [5.41, 5.74) is 1.84. The van der Waals surface area contributed by atoms with Crippen molar-refractivity contribution in [3.05, 3.63) is 102 Å². The predicted molar refractivity (Wildman–Crippen MR) is 199 cm³/mol. The van der Waals surface area contributed by atoms with Crippen molar-refractivity contribution in [2.45, 2.75) is 83.2 Å². The van der Waals surface area contributed by atoms with Gasteiger partial charge >= 0.3 is 18.0 Å². The second-order valence-electron chi connectivity index (χ2n) is 13.9. The molecule has 3 atom stereocenters. The van der Waals surface area contributed by atoms with Gasteiger partial charge in [-0.3, -0.25) is 9.59 Å². The first-order valence-electron chi connectivity index (χ1n) is 18.1. The molecule has 1 aliphatic heterocycles. The lowest BCUT2D eigenvalue weighted by Crippen LogP contribution is -2.54. The molecule has 290 valence electrons. The van der Waals surface area contributed by atoms with Crippen LogP contribution in [0.2, 0.25) is 0 Å². The monoisotopic (exact) mass is 745 g/mol. The van der Waals surface area contributed by atoms with Crippen LogP contribution in [0.25, 0.3) is 0 Å². The lowest BCUT2D eigenvalue weighted by molar-refractivity contribution is -0.154. The molecule has 0 aromatic heterocycles. The molecule has 1 heterocycles. The number of benzene rings is 3. The molecule has 13 nitrogen and oxygen atoms in total. The number of amides is 3. The van der Waals surface area contributed by atoms with Crippen molar-refractivity contribution in [3.63, 3.8) is 0 Å². The van der Waals surface area contributed by atoms with Gasteiger partial charge in [0.1, 0.15) is 36.6 Å². The van der Waals surface area contributed by atoms with E-state index in [1.54, 1.807) is 43.9 Å². The highest BCUT2D eigenvalue weighted by Gasteiger charge is 2.34. The van der Waals surface area contributed by atoms with E-state index in [4.69, 9.17) is 23.7 Å². The van der Waals surface area contributed by atoms with Crippen LogP contribution in [0.1, 0.15) is 56.7 Å². The first-order chi connectivity index (χ1) is 25.9. The second kappa shape index (κ2) is 20.7. The molecule has 0 unspecified atom stereocenters.